The first-order valence-electron chi connectivity index (χ1n) is 6.09. The van der Waals surface area contributed by atoms with Crippen molar-refractivity contribution in [2.75, 3.05) is 6.54 Å². The van der Waals surface area contributed by atoms with Gasteiger partial charge in [-0.15, -0.1) is 0 Å². The molecule has 0 aliphatic heterocycles. The van der Waals surface area contributed by atoms with Gasteiger partial charge >= 0.3 is 0 Å². The molecule has 0 aromatic carbocycles. The number of aromatic nitrogens is 3. The molecule has 4 nitrogen and oxygen atoms in total. The largest absolute Gasteiger partial charge is 0.367 e. The highest BCUT2D eigenvalue weighted by Crippen LogP contribution is 2.02. The van der Waals surface area contributed by atoms with Crippen molar-refractivity contribution in [1.29, 1.82) is 0 Å². The first-order chi connectivity index (χ1) is 8.25. The number of hydrogen-bond donors (Lipinski definition) is 2. The van der Waals surface area contributed by atoms with E-state index in [-0.39, 0.29) is 0 Å². The van der Waals surface area contributed by atoms with Crippen LogP contribution in [-0.2, 0) is 13.1 Å². The third-order valence-electron chi connectivity index (χ3n) is 2.82. The molecular formula is C13H20N4. The van der Waals surface area contributed by atoms with E-state index in [9.17, 15) is 0 Å². The molecule has 2 aromatic heterocycles. The molecule has 2 rings (SSSR count). The summed E-state index contributed by atoms with van der Waals surface area (Å²) in [6.07, 6.45) is 5.08. The van der Waals surface area contributed by atoms with Gasteiger partial charge < -0.3 is 10.3 Å². The molecule has 0 amide bonds. The Hall–Kier alpha value is -1.55. The van der Waals surface area contributed by atoms with Crippen LogP contribution in [0.2, 0.25) is 0 Å². The summed E-state index contributed by atoms with van der Waals surface area (Å²) in [5.41, 5.74) is 3.65. The van der Waals surface area contributed by atoms with Crippen LogP contribution in [0.4, 0.5) is 0 Å². The number of H-pyrrole nitrogens is 1. The molecule has 0 unspecified atom stereocenters. The third-order valence-corrected chi connectivity index (χ3v) is 2.82. The van der Waals surface area contributed by atoms with E-state index in [1.807, 2.05) is 19.3 Å². The van der Waals surface area contributed by atoms with Crippen molar-refractivity contribution in [1.82, 2.24) is 20.1 Å². The predicted octanol–water partition coefficient (Wildman–Crippen LogP) is 2.01. The van der Waals surface area contributed by atoms with Gasteiger partial charge in [0.1, 0.15) is 0 Å². The molecule has 0 atom stereocenters. The van der Waals surface area contributed by atoms with Gasteiger partial charge in [0.15, 0.2) is 0 Å². The Morgan fingerprint density at radius 1 is 1.41 bits per heavy atom. The average Bonchev–Trinajstić information content (AvgIpc) is 2.89. The second-order valence-corrected chi connectivity index (χ2v) is 4.40. The minimum Gasteiger partial charge on any atom is -0.367 e. The fraction of sp³-hybridized carbons (Fsp3) is 0.462. The molecule has 0 bridgehead atoms. The first-order valence-corrected chi connectivity index (χ1v) is 6.09. The number of rotatable bonds is 6. The molecule has 2 heterocycles. The molecular weight excluding hydrogens is 212 g/mol. The van der Waals surface area contributed by atoms with Crippen LogP contribution >= 0.6 is 0 Å². The maximum absolute atomic E-state index is 4.44. The summed E-state index contributed by atoms with van der Waals surface area (Å²) in [5.74, 6) is 0. The van der Waals surface area contributed by atoms with Gasteiger partial charge in [-0.25, -0.2) is 0 Å². The van der Waals surface area contributed by atoms with Gasteiger partial charge in [-0.3, -0.25) is 4.68 Å². The van der Waals surface area contributed by atoms with Crippen LogP contribution in [0.15, 0.2) is 24.5 Å². The van der Waals surface area contributed by atoms with Gasteiger partial charge in [-0.05, 0) is 44.5 Å². The molecule has 0 spiro atoms. The number of hydrogen-bond acceptors (Lipinski definition) is 2. The Labute approximate surface area is 102 Å². The van der Waals surface area contributed by atoms with E-state index in [2.05, 4.69) is 39.1 Å². The molecule has 2 aromatic rings. The van der Waals surface area contributed by atoms with Gasteiger partial charge in [0.25, 0.3) is 0 Å². The lowest BCUT2D eigenvalue weighted by Gasteiger charge is -2.05. The van der Waals surface area contributed by atoms with Crippen molar-refractivity contribution < 1.29 is 0 Å². The molecule has 0 saturated heterocycles. The highest BCUT2D eigenvalue weighted by atomic mass is 15.3. The summed E-state index contributed by atoms with van der Waals surface area (Å²) in [6.45, 7) is 7.07. The molecule has 0 radical (unpaired) electrons. The molecule has 0 fully saturated rings. The number of nitrogens with one attached hydrogen (secondary N) is 2. The maximum Gasteiger partial charge on any atom is 0.0596 e. The SMILES string of the molecule is Cc1cc(C)n(CCCNCc2cc[nH]c2)n1. The molecule has 2 N–H and O–H groups in total. The van der Waals surface area contributed by atoms with Crippen LogP contribution in [0.25, 0.3) is 0 Å². The monoisotopic (exact) mass is 232 g/mol. The van der Waals surface area contributed by atoms with Crippen molar-refractivity contribution in [3.05, 3.63) is 41.5 Å². The Morgan fingerprint density at radius 3 is 2.94 bits per heavy atom. The van der Waals surface area contributed by atoms with Gasteiger partial charge in [0.2, 0.25) is 0 Å². The lowest BCUT2D eigenvalue weighted by Crippen LogP contribution is -2.16. The van der Waals surface area contributed by atoms with E-state index in [0.29, 0.717) is 0 Å². The van der Waals surface area contributed by atoms with Crippen molar-refractivity contribution >= 4 is 0 Å². The number of aromatic amines is 1. The molecule has 4 heteroatoms. The van der Waals surface area contributed by atoms with E-state index in [0.717, 1.165) is 31.7 Å². The van der Waals surface area contributed by atoms with Crippen molar-refractivity contribution in [2.24, 2.45) is 0 Å². The van der Waals surface area contributed by atoms with Crippen molar-refractivity contribution in [3.8, 4) is 0 Å². The number of nitrogens with zero attached hydrogens (tertiary/aromatic N) is 2. The second kappa shape index (κ2) is 5.68. The maximum atomic E-state index is 4.44. The zero-order valence-corrected chi connectivity index (χ0v) is 10.5. The van der Waals surface area contributed by atoms with Crippen LogP contribution in [0.3, 0.4) is 0 Å². The summed E-state index contributed by atoms with van der Waals surface area (Å²) < 4.78 is 2.08. The normalized spacial score (nSPS) is 10.9. The van der Waals surface area contributed by atoms with Gasteiger partial charge in [0.05, 0.1) is 5.69 Å². The minimum atomic E-state index is 0.931. The topological polar surface area (TPSA) is 45.6 Å². The Bertz CT molecular complexity index is 442. The zero-order chi connectivity index (χ0) is 12.1. The van der Waals surface area contributed by atoms with Gasteiger partial charge in [0, 0.05) is 31.2 Å². The van der Waals surface area contributed by atoms with Crippen molar-refractivity contribution in [3.63, 3.8) is 0 Å². The molecule has 17 heavy (non-hydrogen) atoms. The highest BCUT2D eigenvalue weighted by molar-refractivity contribution is 5.07. The van der Waals surface area contributed by atoms with E-state index in [1.165, 1.54) is 11.3 Å². The smallest absolute Gasteiger partial charge is 0.0596 e. The Balaban J connectivity index is 1.65. The van der Waals surface area contributed by atoms with E-state index < -0.39 is 0 Å². The first kappa shape index (κ1) is 11.9. The van der Waals surface area contributed by atoms with Gasteiger partial charge in [-0.1, -0.05) is 0 Å². The van der Waals surface area contributed by atoms with Crippen molar-refractivity contribution in [2.45, 2.75) is 33.4 Å². The predicted molar refractivity (Wildman–Crippen MR) is 68.8 cm³/mol. The van der Waals surface area contributed by atoms with E-state index in [4.69, 9.17) is 0 Å². The van der Waals surface area contributed by atoms with E-state index >= 15 is 0 Å². The Morgan fingerprint density at radius 2 is 2.29 bits per heavy atom. The quantitative estimate of drug-likeness (QED) is 0.748. The summed E-state index contributed by atoms with van der Waals surface area (Å²) in [4.78, 5) is 3.05. The fourth-order valence-corrected chi connectivity index (χ4v) is 1.96. The van der Waals surface area contributed by atoms with Crippen LogP contribution in [0, 0.1) is 13.8 Å². The lowest BCUT2D eigenvalue weighted by molar-refractivity contribution is 0.532. The van der Waals surface area contributed by atoms with Gasteiger partial charge in [-0.2, -0.15) is 5.10 Å². The Kier molecular flexibility index (Phi) is 3.98. The van der Waals surface area contributed by atoms with Crippen LogP contribution in [-0.4, -0.2) is 21.3 Å². The fourth-order valence-electron chi connectivity index (χ4n) is 1.96. The van der Waals surface area contributed by atoms with E-state index in [1.54, 1.807) is 0 Å². The van der Waals surface area contributed by atoms with Crippen LogP contribution in [0.5, 0.6) is 0 Å². The lowest BCUT2D eigenvalue weighted by atomic mass is 10.3. The molecule has 0 aliphatic carbocycles. The standard InChI is InChI=1S/C13H20N4/c1-11-8-12(2)17(16-11)7-3-5-14-9-13-4-6-15-10-13/h4,6,8,10,14-15H,3,5,7,9H2,1-2H3. The highest BCUT2D eigenvalue weighted by Gasteiger charge is 1.99. The number of aryl methyl sites for hydroxylation is 3. The summed E-state index contributed by atoms with van der Waals surface area (Å²) in [7, 11) is 0. The summed E-state index contributed by atoms with van der Waals surface area (Å²) in [5, 5.41) is 7.86. The van der Waals surface area contributed by atoms with Crippen LogP contribution < -0.4 is 5.32 Å². The van der Waals surface area contributed by atoms with Crippen LogP contribution in [0.1, 0.15) is 23.4 Å². The average molecular weight is 232 g/mol. The molecule has 92 valence electrons. The third kappa shape index (κ3) is 3.46. The molecule has 0 aliphatic rings. The summed E-state index contributed by atoms with van der Waals surface area (Å²) in [6, 6.07) is 4.21. The second-order valence-electron chi connectivity index (χ2n) is 4.40. The minimum absolute atomic E-state index is 0.931. The summed E-state index contributed by atoms with van der Waals surface area (Å²) >= 11 is 0. The zero-order valence-electron chi connectivity index (χ0n) is 10.5. The molecule has 0 saturated carbocycles.